The number of nitrogens with zero attached hydrogens (tertiary/aromatic N) is 2. The van der Waals surface area contributed by atoms with Crippen molar-refractivity contribution >= 4 is 23.5 Å². The van der Waals surface area contributed by atoms with Gasteiger partial charge in [-0.25, -0.2) is 0 Å². The summed E-state index contributed by atoms with van der Waals surface area (Å²) in [6.07, 6.45) is 3.97. The number of morpholine rings is 1. The molecule has 4 heterocycles. The van der Waals surface area contributed by atoms with Crippen LogP contribution in [0.1, 0.15) is 83.7 Å². The zero-order valence-corrected chi connectivity index (χ0v) is 34.2. The number of hydrogen-bond acceptors (Lipinski definition) is 8. The van der Waals surface area contributed by atoms with Gasteiger partial charge in [-0.3, -0.25) is 19.3 Å². The Hall–Kier alpha value is -6.41. The van der Waals surface area contributed by atoms with Crippen LogP contribution in [0.25, 0.3) is 0 Å². The van der Waals surface area contributed by atoms with Gasteiger partial charge in [0.1, 0.15) is 35.7 Å². The van der Waals surface area contributed by atoms with E-state index < -0.39 is 41.5 Å². The first-order valence-corrected chi connectivity index (χ1v) is 21.2. The lowest BCUT2D eigenvalue weighted by Gasteiger charge is -2.46. The number of ether oxygens (including phenoxy) is 3. The smallest absolute Gasteiger partial charge is 0.324 e. The van der Waals surface area contributed by atoms with Gasteiger partial charge < -0.3 is 29.5 Å². The van der Waals surface area contributed by atoms with E-state index in [2.05, 4.69) is 22.1 Å². The lowest BCUT2D eigenvalue weighted by molar-refractivity contribution is -0.179. The number of benzene rings is 5. The molecule has 4 aliphatic heterocycles. The minimum Gasteiger partial charge on any atom is -0.497 e. The number of nitrogens with one attached hydrogen (secondary N) is 1. The van der Waals surface area contributed by atoms with E-state index >= 15 is 14.4 Å². The first-order chi connectivity index (χ1) is 29.9. The summed E-state index contributed by atoms with van der Waals surface area (Å²) >= 11 is 0. The normalized spacial score (nSPS) is 24.6. The number of amides is 2. The minimum atomic E-state index is -1.63. The molecule has 5 aromatic carbocycles. The number of cyclic esters (lactones) is 1. The van der Waals surface area contributed by atoms with Crippen molar-refractivity contribution < 1.29 is 33.7 Å². The third-order valence-electron chi connectivity index (χ3n) is 12.7. The Bertz CT molecular complexity index is 2460. The summed E-state index contributed by atoms with van der Waals surface area (Å²) in [5.74, 6) is 5.45. The van der Waals surface area contributed by atoms with Gasteiger partial charge in [-0.15, -0.1) is 0 Å². The van der Waals surface area contributed by atoms with Crippen molar-refractivity contribution in [3.63, 3.8) is 0 Å². The molecule has 2 N–H and O–H groups in total. The molecule has 0 aromatic heterocycles. The van der Waals surface area contributed by atoms with E-state index in [0.29, 0.717) is 41.2 Å². The molecule has 4 aliphatic rings. The Morgan fingerprint density at radius 1 is 0.754 bits per heavy atom. The van der Waals surface area contributed by atoms with Crippen LogP contribution in [0.5, 0.6) is 11.5 Å². The van der Waals surface area contributed by atoms with E-state index in [1.807, 2.05) is 132 Å². The number of likely N-dealkylation sites (tertiary alicyclic amines) is 1. The van der Waals surface area contributed by atoms with Crippen LogP contribution in [-0.4, -0.2) is 72.1 Å². The number of fused-ring (bicyclic) bond motifs is 3. The number of rotatable bonds is 8. The summed E-state index contributed by atoms with van der Waals surface area (Å²) in [4.78, 5) is 50.7. The van der Waals surface area contributed by atoms with Crippen molar-refractivity contribution in [1.29, 1.82) is 0 Å². The van der Waals surface area contributed by atoms with Gasteiger partial charge in [-0.1, -0.05) is 104 Å². The summed E-state index contributed by atoms with van der Waals surface area (Å²) in [6, 6.07) is 37.5. The fraction of sp³-hybridized carbons (Fsp3) is 0.314. The molecule has 10 nitrogen and oxygen atoms in total. The molecule has 0 unspecified atom stereocenters. The molecule has 6 atom stereocenters. The first-order valence-electron chi connectivity index (χ1n) is 21.2. The van der Waals surface area contributed by atoms with Crippen molar-refractivity contribution in [3.8, 4) is 23.3 Å². The number of hydrogen-bond donors (Lipinski definition) is 2. The van der Waals surface area contributed by atoms with Gasteiger partial charge in [0.25, 0.3) is 0 Å². The third kappa shape index (κ3) is 7.32. The van der Waals surface area contributed by atoms with Crippen LogP contribution in [0.15, 0.2) is 127 Å². The lowest BCUT2D eigenvalue weighted by atomic mass is 9.65. The molecule has 0 saturated carbocycles. The maximum Gasteiger partial charge on any atom is 0.324 e. The number of anilines is 1. The van der Waals surface area contributed by atoms with E-state index in [0.717, 1.165) is 54.5 Å². The van der Waals surface area contributed by atoms with Gasteiger partial charge in [0, 0.05) is 29.9 Å². The number of methoxy groups -OCH3 is 1. The highest BCUT2D eigenvalue weighted by Crippen LogP contribution is 2.65. The zero-order valence-electron chi connectivity index (χ0n) is 34.2. The van der Waals surface area contributed by atoms with Crippen LogP contribution in [0.4, 0.5) is 5.69 Å². The highest BCUT2D eigenvalue weighted by atomic mass is 16.6. The Morgan fingerprint density at radius 2 is 1.41 bits per heavy atom. The molecule has 3 fully saturated rings. The number of esters is 1. The van der Waals surface area contributed by atoms with E-state index in [1.54, 1.807) is 7.11 Å². The highest BCUT2D eigenvalue weighted by Gasteiger charge is 2.74. The molecule has 0 aliphatic carbocycles. The second-order valence-corrected chi connectivity index (χ2v) is 16.2. The van der Waals surface area contributed by atoms with Crippen molar-refractivity contribution in [2.75, 3.05) is 38.7 Å². The van der Waals surface area contributed by atoms with Crippen molar-refractivity contribution in [3.05, 3.63) is 161 Å². The van der Waals surface area contributed by atoms with Crippen LogP contribution in [0.2, 0.25) is 0 Å². The molecule has 61 heavy (non-hydrogen) atoms. The van der Waals surface area contributed by atoms with Gasteiger partial charge in [0.2, 0.25) is 11.8 Å². The molecule has 1 spiro atoms. The summed E-state index contributed by atoms with van der Waals surface area (Å²) < 4.78 is 18.0. The largest absolute Gasteiger partial charge is 0.497 e. The standard InChI is InChI=1S/C51H49N3O7/c1-59-39-25-22-34(23-26-39)20-21-35-24-27-42-41(32-35)51(50(58)52-42)43(48(56)53-28-11-3-2-4-12-29-53)45-49(57)61-46(37-16-9-6-10-17-37)44(36-14-7-5-8-15-36)54(45)47(51)38-18-13-19-40(33-38)60-31-30-55/h5-10,13-19,22-27,32-33,43-47,55H,2-4,11-12,28-31H2,1H3,(H,52,58)/t43-,44-,45-,46+,47+,51-/m1/s1. The van der Waals surface area contributed by atoms with Crippen LogP contribution in [0, 0.1) is 17.8 Å². The van der Waals surface area contributed by atoms with Gasteiger partial charge in [0.05, 0.1) is 31.7 Å². The quantitative estimate of drug-likeness (QED) is 0.122. The number of carbonyl (C=O) groups is 3. The lowest BCUT2D eigenvalue weighted by Crippen LogP contribution is -2.55. The SMILES string of the molecule is COc1ccc(C#Cc2ccc3c(c2)[C@]2(C(=O)N3)[C@H](c3cccc(OCCO)c3)N3[C@H](c4ccccc4)[C@H](c4ccccc4)OC(=O)[C@H]3[C@@H]2C(=O)N2CCCCCCC2)cc1. The average Bonchev–Trinajstić information content (AvgIpc) is 3.76. The van der Waals surface area contributed by atoms with E-state index in [9.17, 15) is 5.11 Å². The predicted molar refractivity (Wildman–Crippen MR) is 231 cm³/mol. The van der Waals surface area contributed by atoms with Crippen LogP contribution >= 0.6 is 0 Å². The third-order valence-corrected chi connectivity index (χ3v) is 12.7. The highest BCUT2D eigenvalue weighted by molar-refractivity contribution is 6.12. The van der Waals surface area contributed by atoms with Crippen LogP contribution in [0.3, 0.4) is 0 Å². The zero-order chi connectivity index (χ0) is 41.9. The topological polar surface area (TPSA) is 118 Å². The summed E-state index contributed by atoms with van der Waals surface area (Å²) in [7, 11) is 1.62. The molecule has 0 bridgehead atoms. The molecule has 3 saturated heterocycles. The van der Waals surface area contributed by atoms with E-state index in [1.165, 1.54) is 0 Å². The van der Waals surface area contributed by atoms with Crippen LogP contribution in [-0.2, 0) is 24.5 Å². The van der Waals surface area contributed by atoms with Gasteiger partial charge in [0.15, 0.2) is 0 Å². The molecule has 2 amide bonds. The fourth-order valence-corrected chi connectivity index (χ4v) is 10.1. The average molecular weight is 816 g/mol. The van der Waals surface area contributed by atoms with Crippen molar-refractivity contribution in [1.82, 2.24) is 9.80 Å². The number of carbonyl (C=O) groups excluding carboxylic acids is 3. The molecule has 310 valence electrons. The maximum absolute atomic E-state index is 15.8. The summed E-state index contributed by atoms with van der Waals surface area (Å²) in [5.41, 5.74) is 3.31. The molecule has 9 rings (SSSR count). The monoisotopic (exact) mass is 815 g/mol. The maximum atomic E-state index is 15.8. The molecular formula is C51H49N3O7. The molecular weight excluding hydrogens is 767 g/mol. The van der Waals surface area contributed by atoms with Gasteiger partial charge in [-0.2, -0.15) is 0 Å². The number of aliphatic hydroxyl groups excluding tert-OH is 1. The van der Waals surface area contributed by atoms with Gasteiger partial charge >= 0.3 is 5.97 Å². The fourth-order valence-electron chi connectivity index (χ4n) is 10.1. The second kappa shape index (κ2) is 17.3. The first kappa shape index (κ1) is 40.0. The van der Waals surface area contributed by atoms with Crippen LogP contribution < -0.4 is 14.8 Å². The minimum absolute atomic E-state index is 0.0657. The van der Waals surface area contributed by atoms with E-state index in [-0.39, 0.29) is 25.0 Å². The Kier molecular flexibility index (Phi) is 11.3. The second-order valence-electron chi connectivity index (χ2n) is 16.2. The predicted octanol–water partition coefficient (Wildman–Crippen LogP) is 7.53. The molecule has 10 heteroatoms. The summed E-state index contributed by atoms with van der Waals surface area (Å²) in [6.45, 7) is 0.934. The molecule has 0 radical (unpaired) electrons. The number of aliphatic hydroxyl groups is 1. The Labute approximate surface area is 356 Å². The Balaban J connectivity index is 1.31. The van der Waals surface area contributed by atoms with Crippen molar-refractivity contribution in [2.45, 2.75) is 61.7 Å². The Morgan fingerprint density at radius 3 is 2.11 bits per heavy atom. The van der Waals surface area contributed by atoms with Crippen molar-refractivity contribution in [2.24, 2.45) is 5.92 Å². The summed E-state index contributed by atoms with van der Waals surface area (Å²) in [5, 5.41) is 12.9. The van der Waals surface area contributed by atoms with E-state index in [4.69, 9.17) is 14.2 Å². The molecule has 5 aromatic rings. The van der Waals surface area contributed by atoms with Gasteiger partial charge in [-0.05, 0) is 89.7 Å².